The number of pyridine rings is 1. The van der Waals surface area contributed by atoms with Crippen LogP contribution in [0.4, 0.5) is 18.9 Å². The van der Waals surface area contributed by atoms with Crippen molar-refractivity contribution in [1.29, 1.82) is 0 Å². The minimum Gasteiger partial charge on any atom is -0.379 e. The first-order valence-electron chi connectivity index (χ1n) is 5.78. The van der Waals surface area contributed by atoms with Gasteiger partial charge < -0.3 is 5.32 Å². The zero-order chi connectivity index (χ0) is 13.9. The third-order valence-corrected chi connectivity index (χ3v) is 2.64. The van der Waals surface area contributed by atoms with E-state index in [1.54, 1.807) is 12.3 Å². The molecule has 5 heteroatoms. The fourth-order valence-corrected chi connectivity index (χ4v) is 1.60. The quantitative estimate of drug-likeness (QED) is 0.907. The van der Waals surface area contributed by atoms with Crippen LogP contribution in [0.5, 0.6) is 0 Å². The maximum absolute atomic E-state index is 12.5. The van der Waals surface area contributed by atoms with Crippen LogP contribution < -0.4 is 5.32 Å². The Bertz CT molecular complexity index is 547. The second kappa shape index (κ2) is 5.30. The van der Waals surface area contributed by atoms with Gasteiger partial charge in [0.05, 0.1) is 17.8 Å². The summed E-state index contributed by atoms with van der Waals surface area (Å²) in [5.41, 5.74) is 1.59. The molecule has 1 N–H and O–H groups in total. The lowest BCUT2D eigenvalue weighted by molar-refractivity contribution is -0.137. The van der Waals surface area contributed by atoms with Crippen molar-refractivity contribution in [2.75, 3.05) is 5.32 Å². The van der Waals surface area contributed by atoms with Crippen LogP contribution in [-0.4, -0.2) is 4.98 Å². The highest BCUT2D eigenvalue weighted by Gasteiger charge is 2.30. The molecule has 0 radical (unpaired) electrons. The van der Waals surface area contributed by atoms with Gasteiger partial charge in [-0.3, -0.25) is 4.98 Å². The van der Waals surface area contributed by atoms with Crippen molar-refractivity contribution in [3.8, 4) is 0 Å². The van der Waals surface area contributed by atoms with Crippen molar-refractivity contribution in [2.45, 2.75) is 19.6 Å². The number of nitrogens with zero attached hydrogens (tertiary/aromatic N) is 1. The number of aryl methyl sites for hydroxylation is 1. The van der Waals surface area contributed by atoms with Gasteiger partial charge in [0.1, 0.15) is 0 Å². The van der Waals surface area contributed by atoms with Crippen molar-refractivity contribution in [1.82, 2.24) is 4.98 Å². The fraction of sp³-hybridized carbons (Fsp3) is 0.214. The highest BCUT2D eigenvalue weighted by molar-refractivity contribution is 5.46. The highest BCUT2D eigenvalue weighted by atomic mass is 19.4. The van der Waals surface area contributed by atoms with Crippen LogP contribution >= 0.6 is 0 Å². The summed E-state index contributed by atoms with van der Waals surface area (Å²) >= 11 is 0. The molecule has 2 nitrogen and oxygen atoms in total. The van der Waals surface area contributed by atoms with E-state index >= 15 is 0 Å². The largest absolute Gasteiger partial charge is 0.416 e. The SMILES string of the molecule is Cc1ccc(CNc2cccc(C(F)(F)F)c2)nc1. The predicted molar refractivity (Wildman–Crippen MR) is 67.7 cm³/mol. The number of alkyl halides is 3. The molecule has 1 aromatic heterocycles. The summed E-state index contributed by atoms with van der Waals surface area (Å²) in [5, 5.41) is 2.93. The van der Waals surface area contributed by atoms with Crippen LogP contribution in [0.1, 0.15) is 16.8 Å². The van der Waals surface area contributed by atoms with Gasteiger partial charge in [0, 0.05) is 11.9 Å². The van der Waals surface area contributed by atoms with Crippen molar-refractivity contribution in [3.63, 3.8) is 0 Å². The van der Waals surface area contributed by atoms with Gasteiger partial charge in [-0.15, -0.1) is 0 Å². The normalized spacial score (nSPS) is 11.4. The summed E-state index contributed by atoms with van der Waals surface area (Å²) in [5.74, 6) is 0. The Morgan fingerprint density at radius 2 is 1.95 bits per heavy atom. The Labute approximate surface area is 109 Å². The van der Waals surface area contributed by atoms with Crippen molar-refractivity contribution >= 4 is 5.69 Å². The molecule has 1 aromatic carbocycles. The monoisotopic (exact) mass is 266 g/mol. The van der Waals surface area contributed by atoms with Gasteiger partial charge in [0.25, 0.3) is 0 Å². The van der Waals surface area contributed by atoms with Gasteiger partial charge in [-0.2, -0.15) is 13.2 Å². The first-order valence-corrected chi connectivity index (χ1v) is 5.78. The summed E-state index contributed by atoms with van der Waals surface area (Å²) in [6.45, 7) is 2.32. The van der Waals surface area contributed by atoms with Crippen LogP contribution in [-0.2, 0) is 12.7 Å². The van der Waals surface area contributed by atoms with Crippen LogP contribution in [0.3, 0.4) is 0 Å². The number of nitrogens with one attached hydrogen (secondary N) is 1. The van der Waals surface area contributed by atoms with E-state index in [2.05, 4.69) is 10.3 Å². The zero-order valence-corrected chi connectivity index (χ0v) is 10.3. The Kier molecular flexibility index (Phi) is 3.74. The average molecular weight is 266 g/mol. The van der Waals surface area contributed by atoms with E-state index < -0.39 is 11.7 Å². The Morgan fingerprint density at radius 3 is 2.58 bits per heavy atom. The van der Waals surface area contributed by atoms with E-state index in [1.807, 2.05) is 19.1 Å². The van der Waals surface area contributed by atoms with Crippen LogP contribution in [0.2, 0.25) is 0 Å². The predicted octanol–water partition coefficient (Wildman–Crippen LogP) is 4.02. The van der Waals surface area contributed by atoms with Gasteiger partial charge in [0.2, 0.25) is 0 Å². The molecule has 0 unspecified atom stereocenters. The number of halogens is 3. The van der Waals surface area contributed by atoms with E-state index in [1.165, 1.54) is 6.07 Å². The summed E-state index contributed by atoms with van der Waals surface area (Å²) in [4.78, 5) is 4.18. The number of hydrogen-bond donors (Lipinski definition) is 1. The Morgan fingerprint density at radius 1 is 1.16 bits per heavy atom. The second-order valence-electron chi connectivity index (χ2n) is 4.26. The summed E-state index contributed by atoms with van der Waals surface area (Å²) in [7, 11) is 0. The van der Waals surface area contributed by atoms with Crippen molar-refractivity contribution in [2.24, 2.45) is 0 Å². The molecule has 19 heavy (non-hydrogen) atoms. The molecule has 100 valence electrons. The highest BCUT2D eigenvalue weighted by Crippen LogP contribution is 2.30. The van der Waals surface area contributed by atoms with E-state index in [9.17, 15) is 13.2 Å². The standard InChI is InChI=1S/C14H13F3N2/c1-10-5-6-13(18-8-10)9-19-12-4-2-3-11(7-12)14(15,16)17/h2-8,19H,9H2,1H3. The molecular formula is C14H13F3N2. The van der Waals surface area contributed by atoms with E-state index in [0.717, 1.165) is 23.4 Å². The van der Waals surface area contributed by atoms with Gasteiger partial charge in [-0.1, -0.05) is 12.1 Å². The Balaban J connectivity index is 2.05. The molecule has 2 rings (SSSR count). The molecule has 0 atom stereocenters. The Hall–Kier alpha value is -2.04. The maximum Gasteiger partial charge on any atom is 0.416 e. The molecule has 0 saturated heterocycles. The average Bonchev–Trinajstić information content (AvgIpc) is 2.37. The number of benzene rings is 1. The van der Waals surface area contributed by atoms with E-state index in [4.69, 9.17) is 0 Å². The molecular weight excluding hydrogens is 253 g/mol. The van der Waals surface area contributed by atoms with Gasteiger partial charge in [-0.25, -0.2) is 0 Å². The van der Waals surface area contributed by atoms with Crippen LogP contribution in [0.25, 0.3) is 0 Å². The fourth-order valence-electron chi connectivity index (χ4n) is 1.60. The lowest BCUT2D eigenvalue weighted by Gasteiger charge is -2.10. The number of hydrogen-bond acceptors (Lipinski definition) is 2. The summed E-state index contributed by atoms with van der Waals surface area (Å²) in [6, 6.07) is 8.88. The summed E-state index contributed by atoms with van der Waals surface area (Å²) < 4.78 is 37.6. The topological polar surface area (TPSA) is 24.9 Å². The lowest BCUT2D eigenvalue weighted by Crippen LogP contribution is -2.06. The van der Waals surface area contributed by atoms with Crippen LogP contribution in [0.15, 0.2) is 42.6 Å². The summed E-state index contributed by atoms with van der Waals surface area (Å²) in [6.07, 6.45) is -2.59. The molecule has 0 aliphatic rings. The molecule has 2 aromatic rings. The third-order valence-electron chi connectivity index (χ3n) is 2.64. The zero-order valence-electron chi connectivity index (χ0n) is 10.3. The molecule has 0 aliphatic heterocycles. The number of rotatable bonds is 3. The molecule has 0 saturated carbocycles. The molecule has 0 aliphatic carbocycles. The van der Waals surface area contributed by atoms with Gasteiger partial charge in [0.15, 0.2) is 0 Å². The van der Waals surface area contributed by atoms with E-state index in [-0.39, 0.29) is 0 Å². The minimum atomic E-state index is -4.32. The molecule has 0 amide bonds. The first-order chi connectivity index (χ1) is 8.95. The molecule has 0 bridgehead atoms. The number of aromatic nitrogens is 1. The minimum absolute atomic E-state index is 0.390. The third kappa shape index (κ3) is 3.71. The number of anilines is 1. The van der Waals surface area contributed by atoms with Gasteiger partial charge >= 0.3 is 6.18 Å². The lowest BCUT2D eigenvalue weighted by atomic mass is 10.2. The van der Waals surface area contributed by atoms with Crippen molar-refractivity contribution in [3.05, 3.63) is 59.4 Å². The molecule has 0 spiro atoms. The van der Waals surface area contributed by atoms with Gasteiger partial charge in [-0.05, 0) is 36.8 Å². The second-order valence-corrected chi connectivity index (χ2v) is 4.26. The maximum atomic E-state index is 12.5. The van der Waals surface area contributed by atoms with E-state index in [0.29, 0.717) is 12.2 Å². The molecule has 0 fully saturated rings. The molecule has 1 heterocycles. The van der Waals surface area contributed by atoms with Crippen molar-refractivity contribution < 1.29 is 13.2 Å². The smallest absolute Gasteiger partial charge is 0.379 e. The van der Waals surface area contributed by atoms with Crippen LogP contribution in [0, 0.1) is 6.92 Å². The first kappa shape index (κ1) is 13.4.